The summed E-state index contributed by atoms with van der Waals surface area (Å²) >= 11 is 0. The third kappa shape index (κ3) is 12.6. The molecule has 3 N–H and O–H groups in total. The fourth-order valence-electron chi connectivity index (χ4n) is 3.55. The van der Waals surface area contributed by atoms with Crippen LogP contribution in [0.5, 0.6) is 0 Å². The molecule has 2 atom stereocenters. The molecular formula is C29H38FN3O7. The van der Waals surface area contributed by atoms with Gasteiger partial charge >= 0.3 is 18.2 Å². The first-order valence-electron chi connectivity index (χ1n) is 13.1. The molecule has 0 aromatic heterocycles. The monoisotopic (exact) mass is 559 g/mol. The summed E-state index contributed by atoms with van der Waals surface area (Å²) in [6.45, 7) is 7.13. The highest BCUT2D eigenvalue weighted by atomic mass is 19.1. The zero-order valence-corrected chi connectivity index (χ0v) is 23.3. The summed E-state index contributed by atoms with van der Waals surface area (Å²) in [6, 6.07) is 12.4. The molecule has 218 valence electrons. The molecule has 2 rings (SSSR count). The summed E-state index contributed by atoms with van der Waals surface area (Å²) in [5, 5.41) is 7.78. The van der Waals surface area contributed by atoms with Crippen molar-refractivity contribution in [1.29, 1.82) is 0 Å². The quantitative estimate of drug-likeness (QED) is 0.192. The molecule has 0 spiro atoms. The van der Waals surface area contributed by atoms with Crippen LogP contribution in [0.2, 0.25) is 0 Å². The fourth-order valence-corrected chi connectivity index (χ4v) is 3.55. The number of rotatable bonds is 13. The molecule has 2 unspecified atom stereocenters. The summed E-state index contributed by atoms with van der Waals surface area (Å²) in [5.74, 6) is -1.75. The van der Waals surface area contributed by atoms with E-state index < -0.39 is 47.6 Å². The van der Waals surface area contributed by atoms with E-state index in [0.29, 0.717) is 12.0 Å². The maximum absolute atomic E-state index is 13.3. The van der Waals surface area contributed by atoms with Gasteiger partial charge in [0.25, 0.3) is 0 Å². The van der Waals surface area contributed by atoms with Crippen LogP contribution in [0.4, 0.5) is 14.0 Å². The largest absolute Gasteiger partial charge is 0.464 e. The second kappa shape index (κ2) is 16.1. The van der Waals surface area contributed by atoms with Gasteiger partial charge in [-0.2, -0.15) is 0 Å². The lowest BCUT2D eigenvalue weighted by molar-refractivity contribution is -0.147. The predicted octanol–water partition coefficient (Wildman–Crippen LogP) is 4.02. The van der Waals surface area contributed by atoms with Gasteiger partial charge < -0.3 is 30.2 Å². The van der Waals surface area contributed by atoms with Gasteiger partial charge in [0.15, 0.2) is 0 Å². The van der Waals surface area contributed by atoms with Crippen LogP contribution in [-0.4, -0.2) is 54.9 Å². The van der Waals surface area contributed by atoms with Gasteiger partial charge in [0.1, 0.15) is 30.1 Å². The molecule has 0 saturated heterocycles. The Morgan fingerprint density at radius 2 is 1.52 bits per heavy atom. The Kier molecular flexibility index (Phi) is 12.9. The highest BCUT2D eigenvalue weighted by Crippen LogP contribution is 2.10. The minimum Gasteiger partial charge on any atom is -0.464 e. The Morgan fingerprint density at radius 3 is 2.15 bits per heavy atom. The van der Waals surface area contributed by atoms with Gasteiger partial charge in [0.2, 0.25) is 5.91 Å². The van der Waals surface area contributed by atoms with E-state index in [2.05, 4.69) is 16.0 Å². The number of alkyl carbamates (subject to hydrolysis) is 2. The molecule has 0 aliphatic rings. The lowest BCUT2D eigenvalue weighted by Crippen LogP contribution is -2.52. The molecule has 0 heterocycles. The second-order valence-electron chi connectivity index (χ2n) is 9.97. The minimum absolute atomic E-state index is 0.00275. The zero-order valence-electron chi connectivity index (χ0n) is 23.3. The average molecular weight is 560 g/mol. The van der Waals surface area contributed by atoms with Crippen molar-refractivity contribution in [2.24, 2.45) is 0 Å². The summed E-state index contributed by atoms with van der Waals surface area (Å²) < 4.78 is 28.9. The van der Waals surface area contributed by atoms with E-state index in [9.17, 15) is 23.6 Å². The molecule has 10 nitrogen and oxygen atoms in total. The van der Waals surface area contributed by atoms with Crippen LogP contribution in [0, 0.1) is 5.82 Å². The normalized spacial score (nSPS) is 12.4. The van der Waals surface area contributed by atoms with Gasteiger partial charge in [-0.05, 0) is 63.8 Å². The topological polar surface area (TPSA) is 132 Å². The van der Waals surface area contributed by atoms with E-state index in [4.69, 9.17) is 14.2 Å². The lowest BCUT2D eigenvalue weighted by Gasteiger charge is -2.23. The number of hydrogen-bond donors (Lipinski definition) is 3. The van der Waals surface area contributed by atoms with E-state index in [1.54, 1.807) is 52.0 Å². The first-order valence-corrected chi connectivity index (χ1v) is 13.1. The summed E-state index contributed by atoms with van der Waals surface area (Å²) in [7, 11) is 0. The first-order chi connectivity index (χ1) is 19.0. The molecule has 0 fully saturated rings. The molecule has 40 heavy (non-hydrogen) atoms. The van der Waals surface area contributed by atoms with Crippen LogP contribution < -0.4 is 16.0 Å². The average Bonchev–Trinajstić information content (AvgIpc) is 2.89. The molecule has 3 amide bonds. The molecule has 11 heteroatoms. The maximum Gasteiger partial charge on any atom is 0.408 e. The van der Waals surface area contributed by atoms with Crippen molar-refractivity contribution in [2.45, 2.75) is 71.2 Å². The number of carbonyl (C=O) groups excluding carboxylic acids is 4. The van der Waals surface area contributed by atoms with Crippen molar-refractivity contribution in [3.05, 3.63) is 71.5 Å². The minimum atomic E-state index is -1.09. The number of carbonyl (C=O) groups is 4. The highest BCUT2D eigenvalue weighted by molar-refractivity contribution is 5.89. The van der Waals surface area contributed by atoms with Crippen molar-refractivity contribution in [3.8, 4) is 0 Å². The van der Waals surface area contributed by atoms with Crippen LogP contribution in [0.1, 0.15) is 51.7 Å². The molecule has 0 saturated carbocycles. The molecule has 0 aliphatic carbocycles. The van der Waals surface area contributed by atoms with E-state index in [0.717, 1.165) is 5.56 Å². The molecule has 2 aromatic rings. The third-order valence-electron chi connectivity index (χ3n) is 5.40. The van der Waals surface area contributed by atoms with Crippen LogP contribution in [-0.2, 0) is 36.8 Å². The zero-order chi connectivity index (χ0) is 29.5. The first kappa shape index (κ1) is 32.1. The highest BCUT2D eigenvalue weighted by Gasteiger charge is 2.28. The Morgan fingerprint density at radius 1 is 0.850 bits per heavy atom. The number of benzene rings is 2. The number of ether oxygens (including phenoxy) is 3. The molecule has 0 radical (unpaired) electrons. The van der Waals surface area contributed by atoms with Crippen molar-refractivity contribution in [3.63, 3.8) is 0 Å². The van der Waals surface area contributed by atoms with E-state index in [1.807, 2.05) is 6.07 Å². The molecule has 2 aromatic carbocycles. The van der Waals surface area contributed by atoms with Crippen molar-refractivity contribution >= 4 is 24.1 Å². The Hall–Kier alpha value is -4.15. The van der Waals surface area contributed by atoms with Crippen LogP contribution in [0.25, 0.3) is 0 Å². The predicted molar refractivity (Wildman–Crippen MR) is 146 cm³/mol. The van der Waals surface area contributed by atoms with Crippen molar-refractivity contribution in [2.75, 3.05) is 13.2 Å². The smallest absolute Gasteiger partial charge is 0.408 e. The van der Waals surface area contributed by atoms with Gasteiger partial charge in [0, 0.05) is 13.0 Å². The van der Waals surface area contributed by atoms with Crippen LogP contribution >= 0.6 is 0 Å². The SMILES string of the molecule is CCOC(=O)C(Cc1ccc(F)cc1)NC(=O)C(CCCNC(=O)OC(C)(C)C)NC(=O)OCc1ccccc1. The number of amides is 3. The molecule has 0 bridgehead atoms. The van der Waals surface area contributed by atoms with E-state index >= 15 is 0 Å². The van der Waals surface area contributed by atoms with Crippen molar-refractivity contribution < 1.29 is 37.8 Å². The second-order valence-corrected chi connectivity index (χ2v) is 9.97. The van der Waals surface area contributed by atoms with Gasteiger partial charge in [-0.15, -0.1) is 0 Å². The fraction of sp³-hybridized carbons (Fsp3) is 0.448. The van der Waals surface area contributed by atoms with Gasteiger partial charge in [-0.1, -0.05) is 42.5 Å². The van der Waals surface area contributed by atoms with Crippen LogP contribution in [0.15, 0.2) is 54.6 Å². The molecular weight excluding hydrogens is 521 g/mol. The Bertz CT molecular complexity index is 1100. The van der Waals surface area contributed by atoms with Crippen molar-refractivity contribution in [1.82, 2.24) is 16.0 Å². The number of nitrogens with one attached hydrogen (secondary N) is 3. The van der Waals surface area contributed by atoms with Gasteiger partial charge in [-0.25, -0.2) is 18.8 Å². The molecule has 0 aliphatic heterocycles. The van der Waals surface area contributed by atoms with E-state index in [-0.39, 0.29) is 32.6 Å². The maximum atomic E-state index is 13.3. The number of halogens is 1. The number of esters is 1. The van der Waals surface area contributed by atoms with Gasteiger partial charge in [0.05, 0.1) is 6.61 Å². The van der Waals surface area contributed by atoms with Crippen LogP contribution in [0.3, 0.4) is 0 Å². The third-order valence-corrected chi connectivity index (χ3v) is 5.40. The lowest BCUT2D eigenvalue weighted by atomic mass is 10.0. The summed E-state index contributed by atoms with van der Waals surface area (Å²) in [5.41, 5.74) is 0.707. The standard InChI is InChI=1S/C29H38FN3O7/c1-5-38-26(35)24(18-20-13-15-22(30)16-14-20)32-25(34)23(12-9-17-31-27(36)40-29(2,3)4)33-28(37)39-19-21-10-7-6-8-11-21/h6-8,10-11,13-16,23-24H,5,9,12,17-19H2,1-4H3,(H,31,36)(H,32,34)(H,33,37). The number of hydrogen-bond acceptors (Lipinski definition) is 7. The Balaban J connectivity index is 2.07. The Labute approximate surface area is 233 Å². The van der Waals surface area contributed by atoms with E-state index in [1.165, 1.54) is 24.3 Å². The van der Waals surface area contributed by atoms with Gasteiger partial charge in [-0.3, -0.25) is 4.79 Å². The summed E-state index contributed by atoms with van der Waals surface area (Å²) in [4.78, 5) is 50.4. The summed E-state index contributed by atoms with van der Waals surface area (Å²) in [6.07, 6.45) is -0.955.